The number of carbonyl (C=O) groups excluding carboxylic acids is 2. The van der Waals surface area contributed by atoms with Gasteiger partial charge >= 0.3 is 6.18 Å². The van der Waals surface area contributed by atoms with E-state index in [1.54, 1.807) is 4.90 Å². The van der Waals surface area contributed by atoms with E-state index in [1.807, 2.05) is 4.90 Å². The minimum absolute atomic E-state index is 0. The molecule has 0 bridgehead atoms. The Morgan fingerprint density at radius 3 is 2.48 bits per heavy atom. The van der Waals surface area contributed by atoms with Crippen molar-refractivity contribution in [2.75, 3.05) is 44.7 Å². The maximum absolute atomic E-state index is 13.7. The van der Waals surface area contributed by atoms with Gasteiger partial charge in [-0.25, -0.2) is 4.98 Å². The van der Waals surface area contributed by atoms with Gasteiger partial charge in [0.2, 0.25) is 5.91 Å². The molecule has 2 aromatic rings. The average molecular weight is 478 g/mol. The van der Waals surface area contributed by atoms with E-state index < -0.39 is 17.6 Å². The van der Waals surface area contributed by atoms with Crippen LogP contribution in [0.3, 0.4) is 0 Å². The van der Waals surface area contributed by atoms with Crippen LogP contribution in [0.4, 0.5) is 19.0 Å². The number of anilines is 1. The van der Waals surface area contributed by atoms with Gasteiger partial charge in [0.25, 0.3) is 5.91 Å². The first-order chi connectivity index (χ1) is 14.3. The lowest BCUT2D eigenvalue weighted by atomic mass is 10.1. The molecule has 2 aromatic heterocycles. The standard InChI is InChI=1S/C19H22F3N5O2S.ClH/c1-23-18(29)12-10-30-17-13(19(20,21)22)8-14(25-16(12)17)27-6-4-26(5-7-27)9-15(28)24-11-2-3-11;/h8,10-11H,2-7,9H2,1H3,(H,23,29)(H,24,28);1H. The van der Waals surface area contributed by atoms with E-state index >= 15 is 0 Å². The number of aromatic nitrogens is 1. The molecule has 7 nitrogen and oxygen atoms in total. The number of fused-ring (bicyclic) bond motifs is 1. The molecule has 31 heavy (non-hydrogen) atoms. The van der Waals surface area contributed by atoms with E-state index in [1.165, 1.54) is 12.4 Å². The Morgan fingerprint density at radius 1 is 1.23 bits per heavy atom. The number of piperazine rings is 1. The monoisotopic (exact) mass is 477 g/mol. The van der Waals surface area contributed by atoms with Crippen LogP contribution in [0.15, 0.2) is 11.4 Å². The summed E-state index contributed by atoms with van der Waals surface area (Å²) in [4.78, 5) is 32.2. The number of pyridine rings is 1. The molecule has 1 saturated heterocycles. The lowest BCUT2D eigenvalue weighted by Gasteiger charge is -2.35. The maximum atomic E-state index is 13.7. The SMILES string of the molecule is CNC(=O)c1csc2c(C(F)(F)F)cc(N3CCN(CC(=O)NC4CC4)CC3)nc12.Cl. The van der Waals surface area contributed by atoms with Gasteiger partial charge in [-0.05, 0) is 18.9 Å². The van der Waals surface area contributed by atoms with Crippen LogP contribution in [0, 0.1) is 0 Å². The summed E-state index contributed by atoms with van der Waals surface area (Å²) in [5.41, 5.74) is -0.579. The van der Waals surface area contributed by atoms with Crippen molar-refractivity contribution >= 4 is 51.6 Å². The number of halogens is 4. The van der Waals surface area contributed by atoms with Crippen molar-refractivity contribution < 1.29 is 22.8 Å². The van der Waals surface area contributed by atoms with Crippen molar-refractivity contribution in [2.24, 2.45) is 0 Å². The van der Waals surface area contributed by atoms with Crippen LogP contribution in [0.2, 0.25) is 0 Å². The fraction of sp³-hybridized carbons (Fsp3) is 0.526. The van der Waals surface area contributed by atoms with Crippen LogP contribution < -0.4 is 15.5 Å². The molecule has 2 N–H and O–H groups in total. The molecule has 1 saturated carbocycles. The summed E-state index contributed by atoms with van der Waals surface area (Å²) >= 11 is 0.869. The Hall–Kier alpha value is -2.11. The second-order valence-corrected chi connectivity index (χ2v) is 8.42. The molecule has 0 radical (unpaired) electrons. The van der Waals surface area contributed by atoms with Gasteiger partial charge in [-0.3, -0.25) is 14.5 Å². The molecule has 2 fully saturated rings. The van der Waals surface area contributed by atoms with Gasteiger partial charge in [0.05, 0.1) is 27.9 Å². The third kappa shape index (κ3) is 5.21. The molecular formula is C19H23ClF3N5O2S. The van der Waals surface area contributed by atoms with Crippen LogP contribution in [0.25, 0.3) is 10.2 Å². The highest BCUT2D eigenvalue weighted by Crippen LogP contribution is 2.40. The quantitative estimate of drug-likeness (QED) is 0.692. The molecule has 2 aliphatic rings. The predicted molar refractivity (Wildman–Crippen MR) is 115 cm³/mol. The summed E-state index contributed by atoms with van der Waals surface area (Å²) < 4.78 is 41.0. The molecule has 0 aromatic carbocycles. The fourth-order valence-corrected chi connectivity index (χ4v) is 4.53. The smallest absolute Gasteiger partial charge is 0.355 e. The van der Waals surface area contributed by atoms with Crippen molar-refractivity contribution in [3.05, 3.63) is 22.6 Å². The minimum atomic E-state index is -4.55. The summed E-state index contributed by atoms with van der Waals surface area (Å²) in [6.07, 6.45) is -2.50. The highest BCUT2D eigenvalue weighted by molar-refractivity contribution is 7.17. The van der Waals surface area contributed by atoms with Crippen LogP contribution in [-0.2, 0) is 11.0 Å². The van der Waals surface area contributed by atoms with Crippen molar-refractivity contribution in [3.8, 4) is 0 Å². The number of amides is 2. The molecule has 3 heterocycles. The van der Waals surface area contributed by atoms with Gasteiger partial charge in [0.1, 0.15) is 5.82 Å². The topological polar surface area (TPSA) is 77.6 Å². The Morgan fingerprint density at radius 2 is 1.90 bits per heavy atom. The van der Waals surface area contributed by atoms with Crippen molar-refractivity contribution in [1.29, 1.82) is 0 Å². The number of nitrogens with one attached hydrogen (secondary N) is 2. The van der Waals surface area contributed by atoms with E-state index in [4.69, 9.17) is 0 Å². The molecule has 1 aliphatic carbocycles. The fourth-order valence-electron chi connectivity index (χ4n) is 3.50. The highest BCUT2D eigenvalue weighted by atomic mass is 35.5. The van der Waals surface area contributed by atoms with Gasteiger partial charge in [-0.15, -0.1) is 23.7 Å². The summed E-state index contributed by atoms with van der Waals surface area (Å²) in [7, 11) is 1.43. The molecule has 4 rings (SSSR count). The first kappa shape index (κ1) is 23.6. The van der Waals surface area contributed by atoms with E-state index in [0.717, 1.165) is 30.2 Å². The van der Waals surface area contributed by atoms with E-state index in [0.29, 0.717) is 32.2 Å². The van der Waals surface area contributed by atoms with Crippen LogP contribution >= 0.6 is 23.7 Å². The van der Waals surface area contributed by atoms with Gasteiger partial charge in [0.15, 0.2) is 0 Å². The first-order valence-electron chi connectivity index (χ1n) is 9.74. The van der Waals surface area contributed by atoms with E-state index in [2.05, 4.69) is 15.6 Å². The second-order valence-electron chi connectivity index (χ2n) is 7.54. The number of carbonyl (C=O) groups is 2. The lowest BCUT2D eigenvalue weighted by Crippen LogP contribution is -2.50. The minimum Gasteiger partial charge on any atom is -0.355 e. The predicted octanol–water partition coefficient (Wildman–Crippen LogP) is 2.50. The number of nitrogens with zero attached hydrogens (tertiary/aromatic N) is 3. The summed E-state index contributed by atoms with van der Waals surface area (Å²) in [6, 6.07) is 1.36. The van der Waals surface area contributed by atoms with E-state index in [-0.39, 0.29) is 46.5 Å². The third-order valence-corrected chi connectivity index (χ3v) is 6.29. The number of hydrogen-bond donors (Lipinski definition) is 2. The highest BCUT2D eigenvalue weighted by Gasteiger charge is 2.36. The summed E-state index contributed by atoms with van der Waals surface area (Å²) in [5, 5.41) is 6.79. The Kier molecular flexibility index (Phi) is 6.97. The molecule has 0 unspecified atom stereocenters. The first-order valence-corrected chi connectivity index (χ1v) is 10.6. The summed E-state index contributed by atoms with van der Waals surface area (Å²) in [5.74, 6) is -0.288. The molecule has 0 atom stereocenters. The van der Waals surface area contributed by atoms with Crippen LogP contribution in [-0.4, -0.2) is 67.5 Å². The van der Waals surface area contributed by atoms with Gasteiger partial charge in [-0.2, -0.15) is 13.2 Å². The molecule has 0 spiro atoms. The Balaban J connectivity index is 0.00000272. The Labute approximate surface area is 187 Å². The number of thiophene rings is 1. The number of hydrogen-bond acceptors (Lipinski definition) is 6. The van der Waals surface area contributed by atoms with Crippen molar-refractivity contribution in [2.45, 2.75) is 25.1 Å². The molecule has 12 heteroatoms. The maximum Gasteiger partial charge on any atom is 0.417 e. The normalized spacial score (nSPS) is 17.4. The largest absolute Gasteiger partial charge is 0.417 e. The second kappa shape index (κ2) is 9.17. The van der Waals surface area contributed by atoms with Gasteiger partial charge in [-0.1, -0.05) is 0 Å². The van der Waals surface area contributed by atoms with E-state index in [9.17, 15) is 22.8 Å². The molecular weight excluding hydrogens is 455 g/mol. The summed E-state index contributed by atoms with van der Waals surface area (Å²) in [6.45, 7) is 2.28. The number of rotatable bonds is 5. The zero-order valence-electron chi connectivity index (χ0n) is 16.8. The number of alkyl halides is 3. The zero-order valence-corrected chi connectivity index (χ0v) is 18.4. The van der Waals surface area contributed by atoms with Crippen molar-refractivity contribution in [3.63, 3.8) is 0 Å². The average Bonchev–Trinajstić information content (AvgIpc) is 3.41. The Bertz CT molecular complexity index is 971. The molecule has 2 amide bonds. The van der Waals surface area contributed by atoms with Gasteiger partial charge in [0, 0.05) is 44.6 Å². The zero-order chi connectivity index (χ0) is 21.5. The lowest BCUT2D eigenvalue weighted by molar-refractivity contribution is -0.136. The van der Waals surface area contributed by atoms with Gasteiger partial charge < -0.3 is 15.5 Å². The molecule has 1 aliphatic heterocycles. The van der Waals surface area contributed by atoms with Crippen molar-refractivity contribution in [1.82, 2.24) is 20.5 Å². The third-order valence-electron chi connectivity index (χ3n) is 5.29. The van der Waals surface area contributed by atoms with Crippen LogP contribution in [0.5, 0.6) is 0 Å². The van der Waals surface area contributed by atoms with Crippen LogP contribution in [0.1, 0.15) is 28.8 Å². The molecule has 170 valence electrons.